The molecule has 4 nitrogen and oxygen atoms in total. The molecule has 1 saturated heterocycles. The number of carbonyl (C=O) groups excluding carboxylic acids is 1. The van der Waals surface area contributed by atoms with Crippen molar-refractivity contribution in [3.63, 3.8) is 0 Å². The van der Waals surface area contributed by atoms with Crippen LogP contribution in [0.15, 0.2) is 18.2 Å². The quantitative estimate of drug-likeness (QED) is 0.762. The lowest BCUT2D eigenvalue weighted by Gasteiger charge is -2.27. The third-order valence-electron chi connectivity index (χ3n) is 4.67. The molecular formula is C17H24ClF2N3O. The van der Waals surface area contributed by atoms with E-state index in [0.29, 0.717) is 18.5 Å². The van der Waals surface area contributed by atoms with Crippen molar-refractivity contribution in [2.75, 3.05) is 39.3 Å². The van der Waals surface area contributed by atoms with Gasteiger partial charge in [0.1, 0.15) is 0 Å². The van der Waals surface area contributed by atoms with Crippen molar-refractivity contribution in [3.8, 4) is 0 Å². The van der Waals surface area contributed by atoms with Crippen LogP contribution in [0.2, 0.25) is 0 Å². The van der Waals surface area contributed by atoms with Crippen LogP contribution in [0.1, 0.15) is 24.3 Å². The predicted octanol–water partition coefficient (Wildman–Crippen LogP) is 1.90. The number of nitrogens with one attached hydrogen (secondary N) is 2. The van der Waals surface area contributed by atoms with Crippen molar-refractivity contribution in [1.82, 2.24) is 15.5 Å². The van der Waals surface area contributed by atoms with Crippen LogP contribution in [-0.2, 0) is 4.79 Å². The SMILES string of the molecule is Cl.O=C(NCCCN1CCNCC1)C1CC1c1cccc(F)c1F. The minimum atomic E-state index is -0.843. The van der Waals surface area contributed by atoms with E-state index in [-0.39, 0.29) is 30.2 Å². The minimum absolute atomic E-state index is 0. The van der Waals surface area contributed by atoms with Crippen molar-refractivity contribution in [3.05, 3.63) is 35.4 Å². The van der Waals surface area contributed by atoms with E-state index in [1.54, 1.807) is 6.07 Å². The normalized spacial score (nSPS) is 23.4. The van der Waals surface area contributed by atoms with Gasteiger partial charge in [-0.15, -0.1) is 12.4 Å². The summed E-state index contributed by atoms with van der Waals surface area (Å²) in [5.74, 6) is -2.10. The molecule has 2 fully saturated rings. The van der Waals surface area contributed by atoms with E-state index in [4.69, 9.17) is 0 Å². The maximum absolute atomic E-state index is 13.7. The third-order valence-corrected chi connectivity index (χ3v) is 4.67. The third kappa shape index (κ3) is 4.65. The van der Waals surface area contributed by atoms with Gasteiger partial charge in [0.15, 0.2) is 11.6 Å². The van der Waals surface area contributed by atoms with Gasteiger partial charge in [0.2, 0.25) is 5.91 Å². The van der Waals surface area contributed by atoms with Crippen molar-refractivity contribution < 1.29 is 13.6 Å². The van der Waals surface area contributed by atoms with Crippen LogP contribution < -0.4 is 10.6 Å². The Hall–Kier alpha value is -1.24. The van der Waals surface area contributed by atoms with Crippen molar-refractivity contribution in [2.45, 2.75) is 18.8 Å². The fourth-order valence-electron chi connectivity index (χ4n) is 3.22. The van der Waals surface area contributed by atoms with Gasteiger partial charge >= 0.3 is 0 Å². The Morgan fingerprint density at radius 3 is 2.79 bits per heavy atom. The summed E-state index contributed by atoms with van der Waals surface area (Å²) in [6.45, 7) is 5.77. The fraction of sp³-hybridized carbons (Fsp3) is 0.588. The Morgan fingerprint density at radius 2 is 2.04 bits per heavy atom. The van der Waals surface area contributed by atoms with Gasteiger partial charge in [0, 0.05) is 38.6 Å². The number of nitrogens with zero attached hydrogens (tertiary/aromatic N) is 1. The minimum Gasteiger partial charge on any atom is -0.356 e. The molecule has 0 aromatic heterocycles. The summed E-state index contributed by atoms with van der Waals surface area (Å²) in [7, 11) is 0. The molecule has 0 spiro atoms. The van der Waals surface area contributed by atoms with Crippen molar-refractivity contribution >= 4 is 18.3 Å². The maximum atomic E-state index is 13.7. The van der Waals surface area contributed by atoms with Gasteiger partial charge in [0.05, 0.1) is 0 Å². The average Bonchev–Trinajstić information content (AvgIpc) is 3.35. The highest BCUT2D eigenvalue weighted by Crippen LogP contribution is 2.48. The van der Waals surface area contributed by atoms with Gasteiger partial charge in [-0.1, -0.05) is 12.1 Å². The number of carbonyl (C=O) groups is 1. The number of hydrogen-bond donors (Lipinski definition) is 2. The summed E-state index contributed by atoms with van der Waals surface area (Å²) in [4.78, 5) is 14.5. The molecule has 1 saturated carbocycles. The Kier molecular flexibility index (Phi) is 6.95. The molecule has 1 aliphatic carbocycles. The molecule has 1 aromatic rings. The highest BCUT2D eigenvalue weighted by Gasteiger charge is 2.45. The van der Waals surface area contributed by atoms with Crippen LogP contribution in [0.25, 0.3) is 0 Å². The molecule has 1 aliphatic heterocycles. The van der Waals surface area contributed by atoms with Gasteiger partial charge in [-0.05, 0) is 36.9 Å². The molecule has 2 atom stereocenters. The zero-order valence-corrected chi connectivity index (χ0v) is 14.4. The van der Waals surface area contributed by atoms with E-state index in [0.717, 1.165) is 45.2 Å². The lowest BCUT2D eigenvalue weighted by Crippen LogP contribution is -2.44. The first-order chi connectivity index (χ1) is 11.2. The molecule has 2 N–H and O–H groups in total. The molecule has 1 amide bonds. The Balaban J connectivity index is 0.00000208. The highest BCUT2D eigenvalue weighted by atomic mass is 35.5. The summed E-state index contributed by atoms with van der Waals surface area (Å²) < 4.78 is 27.0. The number of rotatable bonds is 6. The van der Waals surface area contributed by atoms with E-state index in [1.807, 2.05) is 0 Å². The molecule has 1 heterocycles. The van der Waals surface area contributed by atoms with Crippen LogP contribution in [-0.4, -0.2) is 50.1 Å². The fourth-order valence-corrected chi connectivity index (χ4v) is 3.22. The first-order valence-electron chi connectivity index (χ1n) is 8.31. The van der Waals surface area contributed by atoms with E-state index in [2.05, 4.69) is 15.5 Å². The second-order valence-electron chi connectivity index (χ2n) is 6.33. The molecule has 1 aromatic carbocycles. The van der Waals surface area contributed by atoms with E-state index < -0.39 is 11.6 Å². The maximum Gasteiger partial charge on any atom is 0.223 e. The summed E-state index contributed by atoms with van der Waals surface area (Å²) in [5.41, 5.74) is 0.325. The van der Waals surface area contributed by atoms with Crippen molar-refractivity contribution in [2.24, 2.45) is 5.92 Å². The molecule has 134 valence electrons. The number of amides is 1. The second-order valence-corrected chi connectivity index (χ2v) is 6.33. The highest BCUT2D eigenvalue weighted by molar-refractivity contribution is 5.85. The number of piperazine rings is 1. The number of hydrogen-bond acceptors (Lipinski definition) is 3. The van der Waals surface area contributed by atoms with Gasteiger partial charge in [0.25, 0.3) is 0 Å². The second kappa shape index (κ2) is 8.74. The Bertz CT molecular complexity index is 567. The molecule has 2 aliphatic rings. The topological polar surface area (TPSA) is 44.4 Å². The zero-order chi connectivity index (χ0) is 16.2. The van der Waals surface area contributed by atoms with Gasteiger partial charge < -0.3 is 15.5 Å². The van der Waals surface area contributed by atoms with Gasteiger partial charge in [-0.3, -0.25) is 4.79 Å². The standard InChI is InChI=1S/C17H23F2N3O.ClH/c18-15-4-1-3-12(16(15)19)13-11-14(13)17(23)21-5-2-8-22-9-6-20-7-10-22;/h1,3-4,13-14,20H,2,5-11H2,(H,21,23);1H. The lowest BCUT2D eigenvalue weighted by molar-refractivity contribution is -0.122. The van der Waals surface area contributed by atoms with Crippen molar-refractivity contribution in [1.29, 1.82) is 0 Å². The van der Waals surface area contributed by atoms with E-state index >= 15 is 0 Å². The monoisotopic (exact) mass is 359 g/mol. The molecule has 0 bridgehead atoms. The average molecular weight is 360 g/mol. The van der Waals surface area contributed by atoms with Crippen LogP contribution >= 0.6 is 12.4 Å². The molecule has 24 heavy (non-hydrogen) atoms. The largest absolute Gasteiger partial charge is 0.356 e. The molecular weight excluding hydrogens is 336 g/mol. The summed E-state index contributed by atoms with van der Waals surface area (Å²) in [6, 6.07) is 4.17. The van der Waals surface area contributed by atoms with Crippen LogP contribution in [0, 0.1) is 17.6 Å². The van der Waals surface area contributed by atoms with Gasteiger partial charge in [-0.25, -0.2) is 8.78 Å². The lowest BCUT2D eigenvalue weighted by atomic mass is 10.1. The van der Waals surface area contributed by atoms with E-state index in [9.17, 15) is 13.6 Å². The molecule has 3 rings (SSSR count). The number of benzene rings is 1. The Morgan fingerprint density at radius 1 is 1.29 bits per heavy atom. The Labute approximate surface area is 147 Å². The molecule has 0 radical (unpaired) electrons. The van der Waals surface area contributed by atoms with Crippen LogP contribution in [0.4, 0.5) is 8.78 Å². The smallest absolute Gasteiger partial charge is 0.223 e. The zero-order valence-electron chi connectivity index (χ0n) is 13.6. The first-order valence-corrected chi connectivity index (χ1v) is 8.31. The number of halogens is 3. The first kappa shape index (κ1) is 19.1. The molecule has 7 heteroatoms. The summed E-state index contributed by atoms with van der Waals surface area (Å²) >= 11 is 0. The predicted molar refractivity (Wildman–Crippen MR) is 91.4 cm³/mol. The van der Waals surface area contributed by atoms with E-state index in [1.165, 1.54) is 6.07 Å². The summed E-state index contributed by atoms with van der Waals surface area (Å²) in [6.07, 6.45) is 1.52. The molecule has 2 unspecified atom stereocenters. The van der Waals surface area contributed by atoms with Crippen LogP contribution in [0.5, 0.6) is 0 Å². The van der Waals surface area contributed by atoms with Gasteiger partial charge in [-0.2, -0.15) is 0 Å². The van der Waals surface area contributed by atoms with Crippen LogP contribution in [0.3, 0.4) is 0 Å². The summed E-state index contributed by atoms with van der Waals surface area (Å²) in [5, 5.41) is 6.23.